The molecule has 0 atom stereocenters. The lowest BCUT2D eigenvalue weighted by molar-refractivity contribution is -0.384. The normalized spacial score (nSPS) is 11.3. The summed E-state index contributed by atoms with van der Waals surface area (Å²) >= 11 is 1.25. The summed E-state index contributed by atoms with van der Waals surface area (Å²) in [5.74, 6) is 0.317. The number of carbonyl (C=O) groups is 1. The summed E-state index contributed by atoms with van der Waals surface area (Å²) in [5.41, 5.74) is 0.449. The molecule has 0 radical (unpaired) electrons. The van der Waals surface area contributed by atoms with Crippen LogP contribution in [0.25, 0.3) is 17.4 Å². The third-order valence-electron chi connectivity index (χ3n) is 3.80. The molecule has 0 spiro atoms. The van der Waals surface area contributed by atoms with Crippen molar-refractivity contribution in [3.8, 4) is 17.4 Å². The van der Waals surface area contributed by atoms with Gasteiger partial charge >= 0.3 is 0 Å². The number of nitrogens with one attached hydrogen (secondary N) is 1. The van der Waals surface area contributed by atoms with Crippen LogP contribution in [0.1, 0.15) is 30.5 Å². The number of nitrogens with zero attached hydrogens (tertiary/aromatic N) is 4. The lowest BCUT2D eigenvalue weighted by Crippen LogP contribution is -2.13. The van der Waals surface area contributed by atoms with E-state index in [4.69, 9.17) is 4.42 Å². The summed E-state index contributed by atoms with van der Waals surface area (Å²) in [5, 5.41) is 31.6. The molecule has 0 saturated heterocycles. The molecule has 1 aromatic carbocycles. The number of hydrogen-bond acceptors (Lipinski definition) is 8. The van der Waals surface area contributed by atoms with E-state index in [0.29, 0.717) is 22.2 Å². The highest BCUT2D eigenvalue weighted by atomic mass is 32.1. The first-order chi connectivity index (χ1) is 13.9. The molecule has 0 aliphatic heterocycles. The number of hydrogen-bond donors (Lipinski definition) is 1. The van der Waals surface area contributed by atoms with Gasteiger partial charge in [0.2, 0.25) is 5.13 Å². The second kappa shape index (κ2) is 8.45. The van der Waals surface area contributed by atoms with E-state index in [1.165, 1.54) is 29.5 Å². The van der Waals surface area contributed by atoms with Crippen LogP contribution in [0.4, 0.5) is 10.8 Å². The average Bonchev–Trinajstić information content (AvgIpc) is 3.35. The smallest absolute Gasteiger partial charge is 0.269 e. The zero-order valence-corrected chi connectivity index (χ0v) is 16.3. The number of nitro benzene ring substituents is 1. The van der Waals surface area contributed by atoms with E-state index < -0.39 is 10.8 Å². The molecule has 0 fully saturated rings. The predicted octanol–water partition coefficient (Wildman–Crippen LogP) is 4.38. The summed E-state index contributed by atoms with van der Waals surface area (Å²) in [4.78, 5) is 22.6. The van der Waals surface area contributed by atoms with Crippen LogP contribution < -0.4 is 5.32 Å². The van der Waals surface area contributed by atoms with Crippen LogP contribution >= 0.6 is 11.3 Å². The molecule has 2 aromatic heterocycles. The molecule has 0 aliphatic carbocycles. The van der Waals surface area contributed by atoms with Gasteiger partial charge in [-0.1, -0.05) is 25.2 Å². The molecule has 3 aromatic rings. The summed E-state index contributed by atoms with van der Waals surface area (Å²) in [6, 6.07) is 11.0. The molecular formula is C19H15N5O4S. The Balaban J connectivity index is 1.76. The minimum atomic E-state index is -0.618. The van der Waals surface area contributed by atoms with Crippen LogP contribution in [0.3, 0.4) is 0 Å². The molecule has 1 amide bonds. The van der Waals surface area contributed by atoms with Crippen molar-refractivity contribution in [3.05, 3.63) is 62.9 Å². The Hall–Kier alpha value is -3.84. The van der Waals surface area contributed by atoms with Gasteiger partial charge in [0, 0.05) is 29.7 Å². The molecule has 0 aliphatic rings. The van der Waals surface area contributed by atoms with Crippen LogP contribution in [0.15, 0.2) is 46.4 Å². The van der Waals surface area contributed by atoms with E-state index in [1.54, 1.807) is 24.3 Å². The predicted molar refractivity (Wildman–Crippen MR) is 107 cm³/mol. The number of nitro groups is 1. The maximum Gasteiger partial charge on any atom is 0.269 e. The van der Waals surface area contributed by atoms with E-state index in [-0.39, 0.29) is 17.2 Å². The van der Waals surface area contributed by atoms with Gasteiger partial charge < -0.3 is 4.42 Å². The van der Waals surface area contributed by atoms with Gasteiger partial charge in [-0.15, -0.1) is 10.2 Å². The number of aromatic nitrogens is 2. The molecule has 3 rings (SSSR count). The number of benzene rings is 1. The van der Waals surface area contributed by atoms with Crippen LogP contribution in [-0.4, -0.2) is 21.0 Å². The lowest BCUT2D eigenvalue weighted by Gasteiger charge is -1.99. The van der Waals surface area contributed by atoms with Crippen molar-refractivity contribution < 1.29 is 14.1 Å². The highest BCUT2D eigenvalue weighted by molar-refractivity contribution is 7.15. The Kier molecular flexibility index (Phi) is 5.80. The van der Waals surface area contributed by atoms with Crippen molar-refractivity contribution in [1.29, 1.82) is 5.26 Å². The second-order valence-corrected chi connectivity index (χ2v) is 7.24. The van der Waals surface area contributed by atoms with Crippen LogP contribution in [0, 0.1) is 21.4 Å². The minimum Gasteiger partial charge on any atom is -0.457 e. The number of furan rings is 1. The number of non-ortho nitro benzene ring substituents is 1. The third-order valence-corrected chi connectivity index (χ3v) is 4.94. The SMILES string of the molecule is CC(C)c1nnc(NC(=O)C(C#N)=Cc2ccc(-c3ccc([N+](=O)[O-])cc3)o2)s1. The van der Waals surface area contributed by atoms with E-state index in [0.717, 1.165) is 5.01 Å². The van der Waals surface area contributed by atoms with Gasteiger partial charge in [-0.25, -0.2) is 0 Å². The van der Waals surface area contributed by atoms with E-state index in [2.05, 4.69) is 15.5 Å². The van der Waals surface area contributed by atoms with Gasteiger partial charge in [-0.3, -0.25) is 20.2 Å². The van der Waals surface area contributed by atoms with Crippen molar-refractivity contribution in [2.24, 2.45) is 0 Å². The number of amides is 1. The summed E-state index contributed by atoms with van der Waals surface area (Å²) in [7, 11) is 0. The Bertz CT molecular complexity index is 1120. The fourth-order valence-electron chi connectivity index (χ4n) is 2.31. The molecule has 2 heterocycles. The molecule has 0 unspecified atom stereocenters. The van der Waals surface area contributed by atoms with Crippen LogP contribution in [0.2, 0.25) is 0 Å². The molecule has 0 bridgehead atoms. The zero-order chi connectivity index (χ0) is 21.0. The standard InChI is InChI=1S/C19H15N5O4S/c1-11(2)18-22-23-19(29-18)21-17(25)13(10-20)9-15-7-8-16(28-15)12-3-5-14(6-4-12)24(26)27/h3-9,11H,1-2H3,(H,21,23,25). The highest BCUT2D eigenvalue weighted by Crippen LogP contribution is 2.26. The van der Waals surface area contributed by atoms with E-state index >= 15 is 0 Å². The first-order valence-electron chi connectivity index (χ1n) is 8.48. The van der Waals surface area contributed by atoms with E-state index in [1.807, 2.05) is 19.9 Å². The van der Waals surface area contributed by atoms with Crippen molar-refractivity contribution in [3.63, 3.8) is 0 Å². The minimum absolute atomic E-state index is 0.0267. The highest BCUT2D eigenvalue weighted by Gasteiger charge is 2.15. The number of nitriles is 1. The number of anilines is 1. The first-order valence-corrected chi connectivity index (χ1v) is 9.30. The average molecular weight is 409 g/mol. The summed E-state index contributed by atoms with van der Waals surface area (Å²) < 4.78 is 5.64. The fraction of sp³-hybridized carbons (Fsp3) is 0.158. The fourth-order valence-corrected chi connectivity index (χ4v) is 3.05. The molecular weight excluding hydrogens is 394 g/mol. The molecule has 9 nitrogen and oxygen atoms in total. The Labute approximate surface area is 169 Å². The van der Waals surface area contributed by atoms with Crippen molar-refractivity contribution in [2.75, 3.05) is 5.32 Å². The van der Waals surface area contributed by atoms with E-state index in [9.17, 15) is 20.2 Å². The van der Waals surface area contributed by atoms with Gasteiger partial charge in [0.1, 0.15) is 28.2 Å². The molecule has 10 heteroatoms. The van der Waals surface area contributed by atoms with Crippen molar-refractivity contribution in [2.45, 2.75) is 19.8 Å². The number of carbonyl (C=O) groups excluding carboxylic acids is 1. The molecule has 146 valence electrons. The Morgan fingerprint density at radius 1 is 1.28 bits per heavy atom. The van der Waals surface area contributed by atoms with Gasteiger partial charge in [0.05, 0.1) is 4.92 Å². The summed E-state index contributed by atoms with van der Waals surface area (Å²) in [6.45, 7) is 3.93. The lowest BCUT2D eigenvalue weighted by atomic mass is 10.1. The van der Waals surface area contributed by atoms with Crippen molar-refractivity contribution in [1.82, 2.24) is 10.2 Å². The maximum atomic E-state index is 12.3. The topological polar surface area (TPSA) is 135 Å². The summed E-state index contributed by atoms with van der Waals surface area (Å²) in [6.07, 6.45) is 1.31. The van der Waals surface area contributed by atoms with Crippen LogP contribution in [0.5, 0.6) is 0 Å². The Morgan fingerprint density at radius 2 is 2.00 bits per heavy atom. The Morgan fingerprint density at radius 3 is 2.59 bits per heavy atom. The quantitative estimate of drug-likeness (QED) is 0.276. The largest absolute Gasteiger partial charge is 0.457 e. The number of rotatable bonds is 6. The maximum absolute atomic E-state index is 12.3. The molecule has 1 N–H and O–H groups in total. The zero-order valence-electron chi connectivity index (χ0n) is 15.4. The monoisotopic (exact) mass is 409 g/mol. The van der Waals surface area contributed by atoms with Gasteiger partial charge in [-0.2, -0.15) is 5.26 Å². The van der Waals surface area contributed by atoms with Gasteiger partial charge in [0.25, 0.3) is 11.6 Å². The van der Waals surface area contributed by atoms with Crippen molar-refractivity contribution >= 4 is 34.1 Å². The first kappa shape index (κ1) is 19.9. The third kappa shape index (κ3) is 4.72. The molecule has 29 heavy (non-hydrogen) atoms. The molecule has 0 saturated carbocycles. The van der Waals surface area contributed by atoms with Crippen LogP contribution in [-0.2, 0) is 4.79 Å². The van der Waals surface area contributed by atoms with Gasteiger partial charge in [0.15, 0.2) is 0 Å². The van der Waals surface area contributed by atoms with Gasteiger partial charge in [-0.05, 0) is 24.3 Å². The second-order valence-electron chi connectivity index (χ2n) is 6.23.